The fourth-order valence-corrected chi connectivity index (χ4v) is 4.66. The summed E-state index contributed by atoms with van der Waals surface area (Å²) in [5, 5.41) is 0. The molecule has 1 rings (SSSR count). The van der Waals surface area contributed by atoms with Crippen molar-refractivity contribution in [2.75, 3.05) is 32.6 Å². The summed E-state index contributed by atoms with van der Waals surface area (Å²) in [5.74, 6) is 0. The van der Waals surface area contributed by atoms with Gasteiger partial charge in [0.05, 0.1) is 18.9 Å². The topological polar surface area (TPSA) is 54.0 Å². The predicted octanol–water partition coefficient (Wildman–Crippen LogP) is 3.23. The van der Waals surface area contributed by atoms with E-state index in [9.17, 15) is 4.57 Å². The monoisotopic (exact) mass is 294 g/mol. The molecule has 1 aliphatic heterocycles. The lowest BCUT2D eigenvalue weighted by atomic mass is 10.1. The van der Waals surface area contributed by atoms with E-state index in [0.717, 1.165) is 25.9 Å². The van der Waals surface area contributed by atoms with Crippen molar-refractivity contribution in [3.63, 3.8) is 0 Å². The standard InChI is InChI=1S/C13H27O5P/c1-4-15-13(16-5-2)19(14,18-6-3)11-12-9-7-8-10-17-12/h12-13H,4-11H2,1-3H3. The Morgan fingerprint density at radius 2 is 1.84 bits per heavy atom. The van der Waals surface area contributed by atoms with Crippen LogP contribution in [0, 0.1) is 0 Å². The summed E-state index contributed by atoms with van der Waals surface area (Å²) in [6.07, 6.45) is 3.50. The normalized spacial score (nSPS) is 23.5. The second kappa shape index (κ2) is 9.09. The molecule has 1 heterocycles. The average molecular weight is 294 g/mol. The van der Waals surface area contributed by atoms with E-state index in [1.165, 1.54) is 0 Å². The van der Waals surface area contributed by atoms with Gasteiger partial charge in [-0.25, -0.2) is 0 Å². The summed E-state index contributed by atoms with van der Waals surface area (Å²) in [6, 6.07) is -0.770. The van der Waals surface area contributed by atoms with Gasteiger partial charge in [-0.2, -0.15) is 0 Å². The highest BCUT2D eigenvalue weighted by Crippen LogP contribution is 2.54. The Balaban J connectivity index is 2.70. The lowest BCUT2D eigenvalue weighted by Crippen LogP contribution is -2.29. The van der Waals surface area contributed by atoms with E-state index in [4.69, 9.17) is 18.7 Å². The van der Waals surface area contributed by atoms with Gasteiger partial charge in [-0.3, -0.25) is 4.57 Å². The van der Waals surface area contributed by atoms with Gasteiger partial charge < -0.3 is 18.7 Å². The van der Waals surface area contributed by atoms with Gasteiger partial charge in [0.1, 0.15) is 0 Å². The highest BCUT2D eigenvalue weighted by atomic mass is 31.2. The lowest BCUT2D eigenvalue weighted by molar-refractivity contribution is -0.0902. The quantitative estimate of drug-likeness (QED) is 0.483. The second-order valence-electron chi connectivity index (χ2n) is 4.53. The molecule has 2 unspecified atom stereocenters. The fourth-order valence-electron chi connectivity index (χ4n) is 2.21. The smallest absolute Gasteiger partial charge is 0.260 e. The first kappa shape index (κ1) is 17.1. The van der Waals surface area contributed by atoms with E-state index in [0.29, 0.717) is 26.0 Å². The van der Waals surface area contributed by atoms with Gasteiger partial charge in [-0.1, -0.05) is 0 Å². The number of ether oxygens (including phenoxy) is 3. The molecule has 0 amide bonds. The first-order valence-electron chi connectivity index (χ1n) is 7.24. The highest BCUT2D eigenvalue weighted by Gasteiger charge is 2.38. The number of rotatable bonds is 9. The molecule has 1 aliphatic rings. The molecule has 0 N–H and O–H groups in total. The van der Waals surface area contributed by atoms with Gasteiger partial charge in [0.15, 0.2) is 0 Å². The second-order valence-corrected chi connectivity index (χ2v) is 7.03. The molecule has 0 aromatic heterocycles. The number of hydrogen-bond acceptors (Lipinski definition) is 5. The highest BCUT2D eigenvalue weighted by molar-refractivity contribution is 7.59. The Morgan fingerprint density at radius 1 is 1.16 bits per heavy atom. The molecule has 1 fully saturated rings. The number of hydrogen-bond donors (Lipinski definition) is 0. The van der Waals surface area contributed by atoms with Crippen LogP contribution < -0.4 is 0 Å². The van der Waals surface area contributed by atoms with E-state index in [1.807, 2.05) is 20.8 Å². The third kappa shape index (κ3) is 5.52. The van der Waals surface area contributed by atoms with Crippen LogP contribution in [0.4, 0.5) is 0 Å². The van der Waals surface area contributed by atoms with Crippen molar-refractivity contribution in [1.82, 2.24) is 0 Å². The predicted molar refractivity (Wildman–Crippen MR) is 74.7 cm³/mol. The molecule has 5 nitrogen and oxygen atoms in total. The first-order chi connectivity index (χ1) is 9.16. The van der Waals surface area contributed by atoms with Crippen LogP contribution >= 0.6 is 7.37 Å². The van der Waals surface area contributed by atoms with Crippen LogP contribution in [0.15, 0.2) is 0 Å². The van der Waals surface area contributed by atoms with E-state index >= 15 is 0 Å². The molecule has 0 spiro atoms. The van der Waals surface area contributed by atoms with Gasteiger partial charge in [-0.15, -0.1) is 0 Å². The Bertz CT molecular complexity index is 272. The molecule has 1 saturated heterocycles. The lowest BCUT2D eigenvalue weighted by Gasteiger charge is -2.31. The molecule has 0 saturated carbocycles. The van der Waals surface area contributed by atoms with Crippen LogP contribution in [-0.4, -0.2) is 44.7 Å². The zero-order valence-electron chi connectivity index (χ0n) is 12.3. The molecular weight excluding hydrogens is 267 g/mol. The molecule has 0 aromatic carbocycles. The Labute approximate surface area is 116 Å². The third-order valence-corrected chi connectivity index (χ3v) is 5.57. The minimum Gasteiger partial charge on any atom is -0.378 e. The van der Waals surface area contributed by atoms with Crippen molar-refractivity contribution in [2.24, 2.45) is 0 Å². The van der Waals surface area contributed by atoms with Crippen molar-refractivity contribution >= 4 is 7.37 Å². The molecule has 114 valence electrons. The van der Waals surface area contributed by atoms with Crippen molar-refractivity contribution in [3.8, 4) is 0 Å². The zero-order valence-corrected chi connectivity index (χ0v) is 13.2. The Morgan fingerprint density at radius 3 is 2.32 bits per heavy atom. The Kier molecular flexibility index (Phi) is 8.19. The largest absolute Gasteiger partial charge is 0.378 e. The van der Waals surface area contributed by atoms with Gasteiger partial charge in [0, 0.05) is 19.8 Å². The molecule has 0 radical (unpaired) electrons. The van der Waals surface area contributed by atoms with Gasteiger partial charge in [0.2, 0.25) is 6.03 Å². The molecule has 0 bridgehead atoms. The van der Waals surface area contributed by atoms with Crippen molar-refractivity contribution < 1.29 is 23.3 Å². The molecule has 2 atom stereocenters. The average Bonchev–Trinajstić information content (AvgIpc) is 2.40. The van der Waals surface area contributed by atoms with E-state index in [2.05, 4.69) is 0 Å². The van der Waals surface area contributed by atoms with Crippen LogP contribution in [0.5, 0.6) is 0 Å². The Hall–Kier alpha value is 0.0700. The minimum absolute atomic E-state index is 0.00505. The summed E-state index contributed by atoms with van der Waals surface area (Å²) in [4.78, 5) is 0. The van der Waals surface area contributed by atoms with Gasteiger partial charge in [0.25, 0.3) is 7.37 Å². The zero-order chi connectivity index (χ0) is 14.1. The van der Waals surface area contributed by atoms with Crippen LogP contribution in [0.25, 0.3) is 0 Å². The van der Waals surface area contributed by atoms with Crippen LogP contribution in [0.2, 0.25) is 0 Å². The molecule has 0 aliphatic carbocycles. The molecular formula is C13H27O5P. The minimum atomic E-state index is -3.00. The fraction of sp³-hybridized carbons (Fsp3) is 1.00. The molecule has 19 heavy (non-hydrogen) atoms. The summed E-state index contributed by atoms with van der Waals surface area (Å²) in [6.45, 7) is 7.59. The summed E-state index contributed by atoms with van der Waals surface area (Å²) < 4.78 is 35.1. The maximum Gasteiger partial charge on any atom is 0.260 e. The van der Waals surface area contributed by atoms with Crippen molar-refractivity contribution in [3.05, 3.63) is 0 Å². The van der Waals surface area contributed by atoms with Crippen LogP contribution in [-0.2, 0) is 23.3 Å². The van der Waals surface area contributed by atoms with Crippen LogP contribution in [0.3, 0.4) is 0 Å². The van der Waals surface area contributed by atoms with E-state index in [-0.39, 0.29) is 6.10 Å². The summed E-state index contributed by atoms with van der Waals surface area (Å²) >= 11 is 0. The third-order valence-electron chi connectivity index (χ3n) is 3.02. The van der Waals surface area contributed by atoms with Gasteiger partial charge in [-0.05, 0) is 40.0 Å². The van der Waals surface area contributed by atoms with Crippen molar-refractivity contribution in [1.29, 1.82) is 0 Å². The summed E-state index contributed by atoms with van der Waals surface area (Å²) in [5.41, 5.74) is 0. The SMILES string of the molecule is CCOC(OCC)P(=O)(CC1CCCCO1)OCC. The first-order valence-corrected chi connectivity index (χ1v) is 9.12. The summed E-state index contributed by atoms with van der Waals surface area (Å²) in [7, 11) is -3.00. The van der Waals surface area contributed by atoms with Crippen LogP contribution in [0.1, 0.15) is 40.0 Å². The maximum atomic E-state index is 13.0. The van der Waals surface area contributed by atoms with E-state index < -0.39 is 13.4 Å². The maximum absolute atomic E-state index is 13.0. The van der Waals surface area contributed by atoms with E-state index in [1.54, 1.807) is 0 Å². The molecule has 6 heteroatoms. The van der Waals surface area contributed by atoms with Crippen molar-refractivity contribution in [2.45, 2.75) is 52.2 Å². The van der Waals surface area contributed by atoms with Gasteiger partial charge >= 0.3 is 0 Å². The molecule has 0 aromatic rings.